The van der Waals surface area contributed by atoms with Crippen molar-refractivity contribution in [2.75, 3.05) is 43.1 Å². The van der Waals surface area contributed by atoms with Gasteiger partial charge in [0.05, 0.1) is 24.9 Å². The van der Waals surface area contributed by atoms with Crippen LogP contribution in [0.25, 0.3) is 0 Å². The van der Waals surface area contributed by atoms with Gasteiger partial charge in [0.15, 0.2) is 5.75 Å². The lowest BCUT2D eigenvalue weighted by Crippen LogP contribution is -2.47. The fourth-order valence-electron chi connectivity index (χ4n) is 2.50. The average Bonchev–Trinajstić information content (AvgIpc) is 2.63. The summed E-state index contributed by atoms with van der Waals surface area (Å²) >= 11 is 0. The maximum atomic E-state index is 12.8. The second-order valence-corrected chi connectivity index (χ2v) is 5.73. The van der Waals surface area contributed by atoms with Crippen LogP contribution in [0.15, 0.2) is 18.2 Å². The molecule has 1 heterocycles. The fraction of sp³-hybridized carbons (Fsp3) is 0.500. The summed E-state index contributed by atoms with van der Waals surface area (Å²) in [5, 5.41) is 4.59. The second kappa shape index (κ2) is 10.2. The molecule has 0 aliphatic carbocycles. The average molecular weight is 408 g/mol. The number of carbonyl (C=O) groups excluding carboxylic acids is 2. The Kier molecular flexibility index (Phi) is 7.96. The molecule has 0 spiro atoms. The lowest BCUT2D eigenvalue weighted by atomic mass is 10.2. The Balaban J connectivity index is 2.20. The molecule has 1 atom stereocenters. The van der Waals surface area contributed by atoms with Crippen molar-refractivity contribution in [1.82, 2.24) is 5.32 Å². The number of rotatable bonds is 9. The Bertz CT molecular complexity index is 693. The van der Waals surface area contributed by atoms with Crippen LogP contribution in [0.3, 0.4) is 0 Å². The maximum absolute atomic E-state index is 12.8. The summed E-state index contributed by atoms with van der Waals surface area (Å²) in [5.74, 6) is -1.53. The van der Waals surface area contributed by atoms with Crippen LogP contribution in [0.4, 0.5) is 28.9 Å². The fourth-order valence-corrected chi connectivity index (χ4v) is 2.50. The Morgan fingerprint density at radius 2 is 2.07 bits per heavy atom. The van der Waals surface area contributed by atoms with Crippen molar-refractivity contribution in [2.24, 2.45) is 5.73 Å². The Morgan fingerprint density at radius 1 is 1.32 bits per heavy atom. The summed E-state index contributed by atoms with van der Waals surface area (Å²) in [6.07, 6.45) is -2.69. The van der Waals surface area contributed by atoms with Crippen molar-refractivity contribution >= 4 is 23.2 Å². The lowest BCUT2D eigenvalue weighted by molar-refractivity contribution is -0.125. The van der Waals surface area contributed by atoms with Gasteiger partial charge in [-0.2, -0.15) is 8.78 Å². The van der Waals surface area contributed by atoms with E-state index in [9.17, 15) is 27.2 Å². The van der Waals surface area contributed by atoms with E-state index in [1.165, 1.54) is 23.1 Å². The number of hydrogen-bond acceptors (Lipinski definition) is 6. The van der Waals surface area contributed by atoms with Crippen molar-refractivity contribution < 1.29 is 36.6 Å². The van der Waals surface area contributed by atoms with E-state index in [0.29, 0.717) is 0 Å². The molecule has 1 fully saturated rings. The van der Waals surface area contributed by atoms with E-state index in [4.69, 9.17) is 10.5 Å². The monoisotopic (exact) mass is 408 g/mol. The molecule has 1 aromatic rings. The highest BCUT2D eigenvalue weighted by atomic mass is 19.3. The highest BCUT2D eigenvalue weighted by Crippen LogP contribution is 2.32. The SMILES string of the molecule is NC[C@@H](NCC(F)F)C(=O)Nc1ccc(N2CCOCC2=O)cc1OC(F)F. The van der Waals surface area contributed by atoms with Gasteiger partial charge >= 0.3 is 6.61 Å². The Labute approximate surface area is 157 Å². The number of halogens is 4. The van der Waals surface area contributed by atoms with E-state index in [-0.39, 0.29) is 49.3 Å². The molecular weight excluding hydrogens is 388 g/mol. The minimum absolute atomic E-state index is 0.118. The van der Waals surface area contributed by atoms with Gasteiger partial charge in [-0.05, 0) is 12.1 Å². The smallest absolute Gasteiger partial charge is 0.387 e. The van der Waals surface area contributed by atoms with Crippen LogP contribution in [0.5, 0.6) is 5.75 Å². The number of hydrogen-bond donors (Lipinski definition) is 3. The zero-order chi connectivity index (χ0) is 20.7. The van der Waals surface area contributed by atoms with Crippen LogP contribution in [-0.2, 0) is 14.3 Å². The van der Waals surface area contributed by atoms with Crippen LogP contribution < -0.4 is 26.0 Å². The number of amides is 2. The molecule has 2 rings (SSSR count). The number of nitrogens with two attached hydrogens (primary N) is 1. The van der Waals surface area contributed by atoms with Crippen molar-refractivity contribution in [2.45, 2.75) is 19.1 Å². The number of anilines is 2. The Hall–Kier alpha value is -2.44. The normalized spacial score (nSPS) is 15.8. The lowest BCUT2D eigenvalue weighted by Gasteiger charge is -2.27. The van der Waals surface area contributed by atoms with Crippen molar-refractivity contribution in [1.29, 1.82) is 0 Å². The first-order chi connectivity index (χ1) is 13.3. The third kappa shape index (κ3) is 6.04. The van der Waals surface area contributed by atoms with E-state index in [0.717, 1.165) is 0 Å². The topological polar surface area (TPSA) is 106 Å². The predicted octanol–water partition coefficient (Wildman–Crippen LogP) is 0.772. The van der Waals surface area contributed by atoms with Crippen LogP contribution in [0.2, 0.25) is 0 Å². The first-order valence-corrected chi connectivity index (χ1v) is 8.31. The molecule has 0 saturated carbocycles. The zero-order valence-electron chi connectivity index (χ0n) is 14.7. The number of nitrogens with one attached hydrogen (secondary N) is 2. The molecule has 1 aliphatic rings. The van der Waals surface area contributed by atoms with E-state index in [1.807, 2.05) is 0 Å². The minimum atomic E-state index is -3.19. The summed E-state index contributed by atoms with van der Waals surface area (Å²) in [6.45, 7) is -3.86. The molecule has 1 aromatic carbocycles. The number of benzene rings is 1. The van der Waals surface area contributed by atoms with Gasteiger partial charge in [0.25, 0.3) is 12.3 Å². The molecule has 1 saturated heterocycles. The molecule has 0 unspecified atom stereocenters. The third-order valence-electron chi connectivity index (χ3n) is 3.81. The van der Waals surface area contributed by atoms with Gasteiger partial charge in [0, 0.05) is 24.8 Å². The van der Waals surface area contributed by atoms with Crippen molar-refractivity contribution in [3.63, 3.8) is 0 Å². The maximum Gasteiger partial charge on any atom is 0.387 e. The highest BCUT2D eigenvalue weighted by molar-refractivity contribution is 5.98. The first-order valence-electron chi connectivity index (χ1n) is 8.31. The molecule has 12 heteroatoms. The van der Waals surface area contributed by atoms with Gasteiger partial charge in [-0.25, -0.2) is 8.78 Å². The molecule has 2 amide bonds. The minimum Gasteiger partial charge on any atom is -0.433 e. The number of carbonyl (C=O) groups is 2. The summed E-state index contributed by atoms with van der Waals surface area (Å²) in [6, 6.07) is 2.72. The molecule has 1 aliphatic heterocycles. The molecular formula is C16H20F4N4O4. The molecule has 28 heavy (non-hydrogen) atoms. The van der Waals surface area contributed by atoms with Gasteiger partial charge in [-0.3, -0.25) is 14.9 Å². The van der Waals surface area contributed by atoms with Crippen molar-refractivity contribution in [3.8, 4) is 5.75 Å². The van der Waals surface area contributed by atoms with Gasteiger partial charge < -0.3 is 25.4 Å². The highest BCUT2D eigenvalue weighted by Gasteiger charge is 2.24. The molecule has 0 radical (unpaired) electrons. The number of alkyl halides is 4. The summed E-state index contributed by atoms with van der Waals surface area (Å²) < 4.78 is 59.6. The standard InChI is InChI=1S/C16H20F4N4O4/c17-13(18)7-22-11(6-21)15(26)23-10-2-1-9(5-12(10)28-16(19)20)24-3-4-27-8-14(24)25/h1-2,5,11,13,16,22H,3-4,6-8,21H2,(H,23,26)/t11-/m1/s1. The van der Waals surface area contributed by atoms with Crippen LogP contribution in [-0.4, -0.2) is 63.7 Å². The first kappa shape index (κ1) is 21.9. The largest absolute Gasteiger partial charge is 0.433 e. The second-order valence-electron chi connectivity index (χ2n) is 5.73. The number of morpholine rings is 1. The quantitative estimate of drug-likeness (QED) is 0.522. The zero-order valence-corrected chi connectivity index (χ0v) is 14.7. The van der Waals surface area contributed by atoms with Crippen LogP contribution in [0.1, 0.15) is 0 Å². The van der Waals surface area contributed by atoms with Gasteiger partial charge in [-0.15, -0.1) is 0 Å². The predicted molar refractivity (Wildman–Crippen MR) is 91.7 cm³/mol. The van der Waals surface area contributed by atoms with E-state index in [2.05, 4.69) is 15.4 Å². The van der Waals surface area contributed by atoms with Crippen LogP contribution >= 0.6 is 0 Å². The van der Waals surface area contributed by atoms with Crippen LogP contribution in [0, 0.1) is 0 Å². The third-order valence-corrected chi connectivity index (χ3v) is 3.81. The summed E-state index contributed by atoms with van der Waals surface area (Å²) in [5.41, 5.74) is 5.56. The number of nitrogens with zero attached hydrogens (tertiary/aromatic N) is 1. The molecule has 4 N–H and O–H groups in total. The van der Waals surface area contributed by atoms with Gasteiger partial charge in [0.2, 0.25) is 5.91 Å². The Morgan fingerprint density at radius 3 is 2.68 bits per heavy atom. The summed E-state index contributed by atoms with van der Waals surface area (Å²) in [7, 11) is 0. The molecule has 0 bridgehead atoms. The van der Waals surface area contributed by atoms with E-state index >= 15 is 0 Å². The number of ether oxygens (including phenoxy) is 2. The molecule has 0 aromatic heterocycles. The molecule has 8 nitrogen and oxygen atoms in total. The van der Waals surface area contributed by atoms with E-state index in [1.54, 1.807) is 0 Å². The van der Waals surface area contributed by atoms with Gasteiger partial charge in [-0.1, -0.05) is 0 Å². The van der Waals surface area contributed by atoms with Crippen molar-refractivity contribution in [3.05, 3.63) is 18.2 Å². The van der Waals surface area contributed by atoms with E-state index < -0.39 is 31.5 Å². The summed E-state index contributed by atoms with van der Waals surface area (Å²) in [4.78, 5) is 25.4. The van der Waals surface area contributed by atoms with Gasteiger partial charge in [0.1, 0.15) is 6.61 Å². The molecule has 156 valence electrons.